The normalized spacial score (nSPS) is 15.4. The molecule has 0 radical (unpaired) electrons. The lowest BCUT2D eigenvalue weighted by Crippen LogP contribution is -2.25. The Morgan fingerprint density at radius 2 is 1.86 bits per heavy atom. The smallest absolute Gasteiger partial charge is 0.313 e. The third kappa shape index (κ3) is 5.08. The molecule has 1 aliphatic heterocycles. The van der Waals surface area contributed by atoms with Gasteiger partial charge < -0.3 is 15.3 Å². The predicted molar refractivity (Wildman–Crippen MR) is 137 cm³/mol. The number of carboxylic acid groups (broad SMARTS) is 1. The van der Waals surface area contributed by atoms with Crippen LogP contribution < -0.4 is 5.32 Å². The van der Waals surface area contributed by atoms with E-state index in [1.54, 1.807) is 18.0 Å². The first-order valence-electron chi connectivity index (χ1n) is 11.3. The van der Waals surface area contributed by atoms with Crippen LogP contribution in [0.5, 0.6) is 0 Å². The van der Waals surface area contributed by atoms with E-state index < -0.39 is 11.9 Å². The average Bonchev–Trinajstić information content (AvgIpc) is 3.48. The van der Waals surface area contributed by atoms with Crippen LogP contribution in [0.3, 0.4) is 0 Å². The number of carbonyl (C=O) groups is 3. The van der Waals surface area contributed by atoms with Crippen LogP contribution in [-0.4, -0.2) is 62.3 Å². The molecule has 2 heterocycles. The van der Waals surface area contributed by atoms with Gasteiger partial charge in [0.05, 0.1) is 11.7 Å². The molecule has 0 bridgehead atoms. The number of hydrogen-bond donors (Lipinski definition) is 3. The molecule has 1 unspecified atom stereocenters. The fourth-order valence-corrected chi connectivity index (χ4v) is 4.74. The highest BCUT2D eigenvalue weighted by molar-refractivity contribution is 7.99. The van der Waals surface area contributed by atoms with Crippen LogP contribution in [0.25, 0.3) is 33.3 Å². The SMILES string of the molecule is CN1CC(C(=O)Nc2cc(-c3ccc4ccccc4c3)cc(-c3nc(SCC(=O)O)n[nH]3)c2)CC1=O. The summed E-state index contributed by atoms with van der Waals surface area (Å²) in [5, 5.41) is 21.4. The summed E-state index contributed by atoms with van der Waals surface area (Å²) in [5.74, 6) is -1.33. The molecule has 36 heavy (non-hydrogen) atoms. The lowest BCUT2D eigenvalue weighted by Gasteiger charge is -2.14. The number of anilines is 1. The maximum absolute atomic E-state index is 12.9. The van der Waals surface area contributed by atoms with Crippen molar-refractivity contribution >= 4 is 46.0 Å². The first-order valence-corrected chi connectivity index (χ1v) is 12.3. The largest absolute Gasteiger partial charge is 0.481 e. The molecule has 3 N–H and O–H groups in total. The molecule has 0 spiro atoms. The molecule has 1 fully saturated rings. The fraction of sp³-hybridized carbons (Fsp3) is 0.192. The molecule has 1 saturated heterocycles. The molecule has 10 heteroatoms. The number of nitrogens with one attached hydrogen (secondary N) is 2. The average molecular weight is 502 g/mol. The summed E-state index contributed by atoms with van der Waals surface area (Å²) in [6, 6.07) is 19.8. The van der Waals surface area contributed by atoms with Gasteiger partial charge >= 0.3 is 5.97 Å². The van der Waals surface area contributed by atoms with Crippen molar-refractivity contribution in [3.05, 3.63) is 60.7 Å². The minimum absolute atomic E-state index is 0.0474. The first kappa shape index (κ1) is 23.6. The Bertz CT molecular complexity index is 1480. The van der Waals surface area contributed by atoms with Crippen molar-refractivity contribution in [2.24, 2.45) is 5.92 Å². The van der Waals surface area contributed by atoms with Crippen molar-refractivity contribution in [3.8, 4) is 22.5 Å². The van der Waals surface area contributed by atoms with Crippen molar-refractivity contribution in [3.63, 3.8) is 0 Å². The van der Waals surface area contributed by atoms with Crippen LogP contribution in [0, 0.1) is 5.92 Å². The highest BCUT2D eigenvalue weighted by Gasteiger charge is 2.32. The Kier molecular flexibility index (Phi) is 6.43. The molecule has 182 valence electrons. The Balaban J connectivity index is 1.50. The third-order valence-corrected chi connectivity index (χ3v) is 6.89. The maximum atomic E-state index is 12.9. The number of amides is 2. The van der Waals surface area contributed by atoms with E-state index >= 15 is 0 Å². The molecule has 9 nitrogen and oxygen atoms in total. The van der Waals surface area contributed by atoms with Crippen molar-refractivity contribution in [2.45, 2.75) is 11.6 Å². The first-order chi connectivity index (χ1) is 17.4. The third-order valence-electron chi connectivity index (χ3n) is 6.06. The topological polar surface area (TPSA) is 128 Å². The second kappa shape index (κ2) is 9.82. The van der Waals surface area contributed by atoms with Crippen LogP contribution in [0.4, 0.5) is 5.69 Å². The molecular weight excluding hydrogens is 478 g/mol. The van der Waals surface area contributed by atoms with Crippen LogP contribution >= 0.6 is 11.8 Å². The molecular formula is C26H23N5O4S. The molecule has 3 aromatic carbocycles. The Morgan fingerprint density at radius 3 is 2.61 bits per heavy atom. The van der Waals surface area contributed by atoms with Crippen LogP contribution in [0.1, 0.15) is 6.42 Å². The lowest BCUT2D eigenvalue weighted by atomic mass is 9.98. The second-order valence-electron chi connectivity index (χ2n) is 8.67. The van der Waals surface area contributed by atoms with Crippen LogP contribution in [0.15, 0.2) is 65.8 Å². The summed E-state index contributed by atoms with van der Waals surface area (Å²) < 4.78 is 0. The molecule has 1 aliphatic rings. The van der Waals surface area contributed by atoms with Gasteiger partial charge in [0.25, 0.3) is 0 Å². The molecule has 0 aliphatic carbocycles. The number of thioether (sulfide) groups is 1. The second-order valence-corrected chi connectivity index (χ2v) is 9.62. The molecule has 1 aromatic heterocycles. The van der Waals surface area contributed by atoms with Gasteiger partial charge in [-0.1, -0.05) is 48.2 Å². The number of benzene rings is 3. The van der Waals surface area contributed by atoms with Gasteiger partial charge in [0.2, 0.25) is 17.0 Å². The molecule has 1 atom stereocenters. The van der Waals surface area contributed by atoms with E-state index in [0.717, 1.165) is 33.7 Å². The van der Waals surface area contributed by atoms with Crippen LogP contribution in [0.2, 0.25) is 0 Å². The number of nitrogens with zero attached hydrogens (tertiary/aromatic N) is 3. The number of likely N-dealkylation sites (tertiary alicyclic amines) is 1. The number of rotatable bonds is 7. The maximum Gasteiger partial charge on any atom is 0.313 e. The summed E-state index contributed by atoms with van der Waals surface area (Å²) in [6.07, 6.45) is 0.186. The molecule has 2 amide bonds. The van der Waals surface area contributed by atoms with Gasteiger partial charge in [-0.05, 0) is 46.2 Å². The van der Waals surface area contributed by atoms with E-state index in [9.17, 15) is 14.4 Å². The zero-order valence-corrected chi connectivity index (χ0v) is 20.2. The number of aromatic nitrogens is 3. The highest BCUT2D eigenvalue weighted by Crippen LogP contribution is 2.32. The van der Waals surface area contributed by atoms with Gasteiger partial charge in [-0.2, -0.15) is 0 Å². The van der Waals surface area contributed by atoms with Gasteiger partial charge in [0.1, 0.15) is 0 Å². The standard InChI is InChI=1S/C26H23N5O4S/c1-31-13-20(12-22(31)32)25(35)27-21-10-18(17-7-6-15-4-2-3-5-16(15)8-17)9-19(11-21)24-28-26(30-29-24)36-14-23(33)34/h2-11,20H,12-14H2,1H3,(H,27,35)(H,33,34)(H,28,29,30). The van der Waals surface area contributed by atoms with Crippen molar-refractivity contribution in [1.82, 2.24) is 20.1 Å². The van der Waals surface area contributed by atoms with E-state index in [1.807, 2.05) is 48.5 Å². The van der Waals surface area contributed by atoms with Crippen molar-refractivity contribution in [1.29, 1.82) is 0 Å². The van der Waals surface area contributed by atoms with Gasteiger partial charge in [0, 0.05) is 31.3 Å². The van der Waals surface area contributed by atoms with Gasteiger partial charge in [0.15, 0.2) is 5.82 Å². The molecule has 0 saturated carbocycles. The minimum atomic E-state index is -0.953. The molecule has 5 rings (SSSR count). The monoisotopic (exact) mass is 501 g/mol. The number of hydrogen-bond acceptors (Lipinski definition) is 6. The quantitative estimate of drug-likeness (QED) is 0.328. The van der Waals surface area contributed by atoms with E-state index in [-0.39, 0.29) is 24.0 Å². The number of aliphatic carboxylic acids is 1. The number of carbonyl (C=O) groups excluding carboxylic acids is 2. The van der Waals surface area contributed by atoms with Crippen LogP contribution in [-0.2, 0) is 14.4 Å². The highest BCUT2D eigenvalue weighted by atomic mass is 32.2. The predicted octanol–water partition coefficient (Wildman–Crippen LogP) is 3.89. The summed E-state index contributed by atoms with van der Waals surface area (Å²) in [5.41, 5.74) is 3.08. The van der Waals surface area contributed by atoms with Gasteiger partial charge in [-0.25, -0.2) is 4.98 Å². The number of carboxylic acids is 1. The number of aromatic amines is 1. The summed E-state index contributed by atoms with van der Waals surface area (Å²) >= 11 is 1.02. The Hall–Kier alpha value is -4.18. The minimum Gasteiger partial charge on any atom is -0.481 e. The number of H-pyrrole nitrogens is 1. The van der Waals surface area contributed by atoms with Gasteiger partial charge in [-0.3, -0.25) is 19.5 Å². The van der Waals surface area contributed by atoms with E-state index in [0.29, 0.717) is 28.8 Å². The zero-order valence-electron chi connectivity index (χ0n) is 19.4. The summed E-state index contributed by atoms with van der Waals surface area (Å²) in [6.45, 7) is 0.383. The van der Waals surface area contributed by atoms with E-state index in [1.165, 1.54) is 0 Å². The Labute approximate surface area is 210 Å². The van der Waals surface area contributed by atoms with Gasteiger partial charge in [-0.15, -0.1) is 5.10 Å². The zero-order chi connectivity index (χ0) is 25.2. The number of fused-ring (bicyclic) bond motifs is 1. The Morgan fingerprint density at radius 1 is 1.08 bits per heavy atom. The fourth-order valence-electron chi connectivity index (χ4n) is 4.22. The summed E-state index contributed by atoms with van der Waals surface area (Å²) in [7, 11) is 1.69. The van der Waals surface area contributed by atoms with Crippen molar-refractivity contribution in [2.75, 3.05) is 24.7 Å². The summed E-state index contributed by atoms with van der Waals surface area (Å²) in [4.78, 5) is 41.7. The van der Waals surface area contributed by atoms with Crippen molar-refractivity contribution < 1.29 is 19.5 Å². The van der Waals surface area contributed by atoms with E-state index in [4.69, 9.17) is 5.11 Å². The molecule has 4 aromatic rings. The van der Waals surface area contributed by atoms with E-state index in [2.05, 4.69) is 26.6 Å². The lowest BCUT2D eigenvalue weighted by molar-refractivity contribution is -0.134.